The van der Waals surface area contributed by atoms with Crippen LogP contribution in [0, 0.1) is 12.8 Å². The van der Waals surface area contributed by atoms with Crippen LogP contribution in [0.2, 0.25) is 0 Å². The molecule has 2 saturated heterocycles. The van der Waals surface area contributed by atoms with Gasteiger partial charge in [-0.2, -0.15) is 4.31 Å². The van der Waals surface area contributed by atoms with Gasteiger partial charge in [0.05, 0.1) is 18.3 Å². The second-order valence-electron chi connectivity index (χ2n) is 10.7. The van der Waals surface area contributed by atoms with Gasteiger partial charge in [0.1, 0.15) is 23.4 Å². The Hall–Kier alpha value is -3.77. The van der Waals surface area contributed by atoms with Crippen molar-refractivity contribution < 1.29 is 32.0 Å². The molecule has 210 valence electrons. The Morgan fingerprint density at radius 1 is 1.15 bits per heavy atom. The molecular formula is C28H30N4O7S. The van der Waals surface area contributed by atoms with Crippen molar-refractivity contribution in [3.8, 4) is 5.95 Å². The second kappa shape index (κ2) is 10.3. The van der Waals surface area contributed by atoms with Gasteiger partial charge in [0.2, 0.25) is 15.9 Å². The third-order valence-corrected chi connectivity index (χ3v) is 9.69. The van der Waals surface area contributed by atoms with Crippen molar-refractivity contribution in [2.24, 2.45) is 5.92 Å². The molecule has 0 radical (unpaired) electrons. The largest absolute Gasteiger partial charge is 0.425 e. The number of sulfonamides is 1. The van der Waals surface area contributed by atoms with Crippen molar-refractivity contribution >= 4 is 38.8 Å². The Kier molecular flexibility index (Phi) is 6.83. The number of amides is 2. The maximum Gasteiger partial charge on any atom is 0.415 e. The van der Waals surface area contributed by atoms with E-state index in [2.05, 4.69) is 10.3 Å². The highest BCUT2D eigenvalue weighted by molar-refractivity contribution is 7.88. The van der Waals surface area contributed by atoms with Crippen molar-refractivity contribution in [3.63, 3.8) is 0 Å². The second-order valence-corrected chi connectivity index (χ2v) is 12.6. The van der Waals surface area contributed by atoms with Crippen LogP contribution < -0.4 is 10.1 Å². The highest BCUT2D eigenvalue weighted by atomic mass is 32.2. The van der Waals surface area contributed by atoms with E-state index < -0.39 is 40.1 Å². The number of benzene rings is 1. The van der Waals surface area contributed by atoms with Crippen molar-refractivity contribution in [2.75, 3.05) is 13.1 Å². The van der Waals surface area contributed by atoms with E-state index in [9.17, 15) is 22.8 Å². The summed E-state index contributed by atoms with van der Waals surface area (Å²) < 4.78 is 38.8. The number of hydrogen-bond acceptors (Lipinski definition) is 8. The number of para-hydroxylation sites is 1. The van der Waals surface area contributed by atoms with Crippen LogP contribution in [-0.4, -0.2) is 71.6 Å². The summed E-state index contributed by atoms with van der Waals surface area (Å²) in [6.45, 7) is 1.71. The van der Waals surface area contributed by atoms with Gasteiger partial charge in [-0.25, -0.2) is 13.2 Å². The summed E-state index contributed by atoms with van der Waals surface area (Å²) in [4.78, 5) is 45.3. The van der Waals surface area contributed by atoms with Crippen LogP contribution in [0.5, 0.6) is 5.95 Å². The number of aromatic nitrogens is 1. The summed E-state index contributed by atoms with van der Waals surface area (Å²) in [5, 5.41) is 3.51. The van der Waals surface area contributed by atoms with E-state index in [4.69, 9.17) is 9.15 Å². The molecule has 1 saturated carbocycles. The van der Waals surface area contributed by atoms with Crippen LogP contribution in [0.25, 0.3) is 11.0 Å². The lowest BCUT2D eigenvalue weighted by Crippen LogP contribution is -2.53. The number of ether oxygens (including phenoxy) is 1. The number of nitrogens with one attached hydrogen (secondary N) is 1. The zero-order valence-electron chi connectivity index (χ0n) is 22.0. The number of Topliss-reactive ketones (excluding diaryl/α,β-unsaturated/α-hetero) is 1. The Balaban J connectivity index is 1.16. The molecule has 12 heteroatoms. The van der Waals surface area contributed by atoms with Gasteiger partial charge in [-0.15, -0.1) is 0 Å². The molecule has 3 fully saturated rings. The molecule has 1 aromatic carbocycles. The Labute approximate surface area is 231 Å². The number of ketones is 1. The number of likely N-dealkylation sites (tertiary alicyclic amines) is 1. The molecule has 0 spiro atoms. The lowest BCUT2D eigenvalue weighted by Gasteiger charge is -2.28. The van der Waals surface area contributed by atoms with E-state index in [1.807, 2.05) is 18.2 Å². The minimum absolute atomic E-state index is 0.0530. The smallest absolute Gasteiger partial charge is 0.415 e. The molecule has 3 atom stereocenters. The van der Waals surface area contributed by atoms with E-state index in [1.54, 1.807) is 31.2 Å². The minimum atomic E-state index is -3.84. The normalized spacial score (nSPS) is 21.9. The van der Waals surface area contributed by atoms with Crippen LogP contribution >= 0.6 is 0 Å². The molecule has 40 heavy (non-hydrogen) atoms. The number of pyridine rings is 1. The molecule has 3 aromatic rings. The fourth-order valence-electron chi connectivity index (χ4n) is 5.75. The third kappa shape index (κ3) is 5.08. The van der Waals surface area contributed by atoms with E-state index in [0.29, 0.717) is 29.7 Å². The average Bonchev–Trinajstić information content (AvgIpc) is 3.41. The molecule has 2 aromatic heterocycles. The van der Waals surface area contributed by atoms with Gasteiger partial charge in [0.15, 0.2) is 5.78 Å². The Bertz CT molecular complexity index is 1570. The van der Waals surface area contributed by atoms with Crippen LogP contribution in [0.15, 0.2) is 53.1 Å². The number of hydrogen-bond donors (Lipinski definition) is 1. The number of furan rings is 1. The van der Waals surface area contributed by atoms with Gasteiger partial charge in [-0.3, -0.25) is 14.6 Å². The molecule has 0 bridgehead atoms. The quantitative estimate of drug-likeness (QED) is 0.439. The number of aryl methyl sites for hydroxylation is 1. The van der Waals surface area contributed by atoms with E-state index in [1.165, 1.54) is 15.4 Å². The van der Waals surface area contributed by atoms with Crippen molar-refractivity contribution in [3.05, 3.63) is 59.9 Å². The maximum absolute atomic E-state index is 13.7. The number of carbonyl (C=O) groups is 3. The number of fused-ring (bicyclic) bond motifs is 2. The predicted molar refractivity (Wildman–Crippen MR) is 144 cm³/mol. The number of nitrogens with zero attached hydrogens (tertiary/aromatic N) is 3. The minimum Gasteiger partial charge on any atom is -0.425 e. The Morgan fingerprint density at radius 2 is 1.93 bits per heavy atom. The molecule has 4 heterocycles. The van der Waals surface area contributed by atoms with Crippen LogP contribution in [0.4, 0.5) is 4.79 Å². The monoisotopic (exact) mass is 566 g/mol. The van der Waals surface area contributed by atoms with Crippen LogP contribution in [-0.2, 0) is 25.4 Å². The molecule has 2 aliphatic heterocycles. The highest BCUT2D eigenvalue weighted by Crippen LogP contribution is 2.37. The SMILES string of the molecule is Cc1c(OC(=O)NC(CC2CC2)C(=O)N2CCC3C2C(=O)CN3S(=O)(=O)Cc2ccccn2)oc2ccccc12. The summed E-state index contributed by atoms with van der Waals surface area (Å²) in [6.07, 6.45) is 3.35. The van der Waals surface area contributed by atoms with Crippen LogP contribution in [0.1, 0.15) is 36.9 Å². The topological polar surface area (TPSA) is 139 Å². The standard InChI is InChI=1S/C28H30N4O7S/c1-17-20-7-2-3-8-24(20)38-27(17)39-28(35)30-21(14-18-9-10-18)26(34)31-13-11-22-25(31)23(33)15-32(22)40(36,37)16-19-6-4-5-12-29-19/h2-8,12,18,21-22,25H,9-11,13-16H2,1H3,(H,30,35). The molecule has 3 aliphatic rings. The molecule has 1 N–H and O–H groups in total. The lowest BCUT2D eigenvalue weighted by molar-refractivity contribution is -0.138. The van der Waals surface area contributed by atoms with Gasteiger partial charge >= 0.3 is 6.09 Å². The Morgan fingerprint density at radius 3 is 2.65 bits per heavy atom. The summed E-state index contributed by atoms with van der Waals surface area (Å²) in [6, 6.07) is 9.91. The summed E-state index contributed by atoms with van der Waals surface area (Å²) in [5.41, 5.74) is 1.64. The third-order valence-electron chi connectivity index (χ3n) is 7.92. The first-order chi connectivity index (χ1) is 19.2. The van der Waals surface area contributed by atoms with Crippen molar-refractivity contribution in [1.82, 2.24) is 19.5 Å². The molecule has 11 nitrogen and oxygen atoms in total. The fourth-order valence-corrected chi connectivity index (χ4v) is 7.42. The van der Waals surface area contributed by atoms with Gasteiger partial charge in [-0.05, 0) is 43.9 Å². The maximum atomic E-state index is 13.7. The molecule has 6 rings (SSSR count). The lowest BCUT2D eigenvalue weighted by atomic mass is 10.1. The zero-order valence-corrected chi connectivity index (χ0v) is 22.8. The van der Waals surface area contributed by atoms with Crippen molar-refractivity contribution in [2.45, 2.75) is 56.5 Å². The van der Waals surface area contributed by atoms with Gasteiger partial charge in [0.25, 0.3) is 5.95 Å². The summed E-state index contributed by atoms with van der Waals surface area (Å²) >= 11 is 0. The zero-order chi connectivity index (χ0) is 28.0. The first kappa shape index (κ1) is 26.5. The molecule has 2 amide bonds. The van der Waals surface area contributed by atoms with Gasteiger partial charge in [0, 0.05) is 23.7 Å². The average molecular weight is 567 g/mol. The summed E-state index contributed by atoms with van der Waals surface area (Å²) in [7, 11) is -3.84. The summed E-state index contributed by atoms with van der Waals surface area (Å²) in [5.74, 6) is -0.717. The fraction of sp³-hybridized carbons (Fsp3) is 0.429. The first-order valence-corrected chi connectivity index (χ1v) is 15.0. The number of rotatable bonds is 8. The highest BCUT2D eigenvalue weighted by Gasteiger charge is 2.54. The molecular weight excluding hydrogens is 536 g/mol. The molecule has 3 unspecified atom stereocenters. The predicted octanol–water partition coefficient (Wildman–Crippen LogP) is 2.78. The van der Waals surface area contributed by atoms with E-state index in [0.717, 1.165) is 18.2 Å². The first-order valence-electron chi connectivity index (χ1n) is 13.4. The van der Waals surface area contributed by atoms with Gasteiger partial charge in [-0.1, -0.05) is 37.1 Å². The molecule has 1 aliphatic carbocycles. The van der Waals surface area contributed by atoms with Crippen LogP contribution in [0.3, 0.4) is 0 Å². The van der Waals surface area contributed by atoms with Gasteiger partial charge < -0.3 is 19.4 Å². The van der Waals surface area contributed by atoms with E-state index >= 15 is 0 Å². The number of carbonyl (C=O) groups excluding carboxylic acids is 3. The van der Waals surface area contributed by atoms with E-state index in [-0.39, 0.29) is 36.5 Å². The van der Waals surface area contributed by atoms with Crippen molar-refractivity contribution in [1.29, 1.82) is 0 Å².